The molecule has 0 saturated heterocycles. The second-order valence-corrected chi connectivity index (χ2v) is 6.65. The summed E-state index contributed by atoms with van der Waals surface area (Å²) in [7, 11) is -3.61. The fourth-order valence-electron chi connectivity index (χ4n) is 1.88. The van der Waals surface area contributed by atoms with Crippen LogP contribution in [0.25, 0.3) is 0 Å². The van der Waals surface area contributed by atoms with Gasteiger partial charge < -0.3 is 0 Å². The average molecular weight is 290 g/mol. The number of aromatic nitrogens is 1. The molecule has 0 atom stereocenters. The largest absolute Gasteiger partial charge is 0.263 e. The van der Waals surface area contributed by atoms with Crippen LogP contribution in [-0.4, -0.2) is 13.4 Å². The van der Waals surface area contributed by atoms with E-state index in [1.165, 1.54) is 0 Å². The lowest BCUT2D eigenvalue weighted by Gasteiger charge is -2.13. The molecule has 0 bridgehead atoms. The highest BCUT2D eigenvalue weighted by atomic mass is 32.2. The van der Waals surface area contributed by atoms with E-state index in [2.05, 4.69) is 9.71 Å². The first-order chi connectivity index (χ1) is 9.40. The summed E-state index contributed by atoms with van der Waals surface area (Å²) in [5.74, 6) is 0.598. The maximum absolute atomic E-state index is 12.4. The highest BCUT2D eigenvalue weighted by Gasteiger charge is 2.18. The van der Waals surface area contributed by atoms with E-state index in [0.717, 1.165) is 11.1 Å². The Hall–Kier alpha value is -1.88. The van der Waals surface area contributed by atoms with Gasteiger partial charge in [-0.25, -0.2) is 13.4 Å². The van der Waals surface area contributed by atoms with Crippen LogP contribution in [-0.2, 0) is 10.0 Å². The van der Waals surface area contributed by atoms with Gasteiger partial charge in [0.1, 0.15) is 5.82 Å². The third-order valence-electron chi connectivity index (χ3n) is 3.07. The van der Waals surface area contributed by atoms with E-state index in [-0.39, 0.29) is 5.92 Å². The van der Waals surface area contributed by atoms with Crippen molar-refractivity contribution >= 4 is 15.8 Å². The number of hydrogen-bond donors (Lipinski definition) is 1. The van der Waals surface area contributed by atoms with Crippen molar-refractivity contribution < 1.29 is 8.42 Å². The van der Waals surface area contributed by atoms with Gasteiger partial charge in [-0.1, -0.05) is 32.0 Å². The molecule has 0 aliphatic rings. The number of sulfonamides is 1. The van der Waals surface area contributed by atoms with Crippen LogP contribution in [0.15, 0.2) is 47.5 Å². The number of pyridine rings is 1. The first-order valence-electron chi connectivity index (χ1n) is 6.44. The van der Waals surface area contributed by atoms with Crippen molar-refractivity contribution in [2.45, 2.75) is 31.6 Å². The molecule has 1 heterocycles. The van der Waals surface area contributed by atoms with Gasteiger partial charge in [-0.3, -0.25) is 4.72 Å². The fourth-order valence-corrected chi connectivity index (χ4v) is 3.17. The SMILES string of the molecule is Cc1ccc(C(C)C)cc1S(=O)(=O)Nc1ccccn1. The summed E-state index contributed by atoms with van der Waals surface area (Å²) in [5, 5.41) is 0. The molecule has 20 heavy (non-hydrogen) atoms. The molecule has 106 valence electrons. The van der Waals surface area contributed by atoms with Gasteiger partial charge >= 0.3 is 0 Å². The first-order valence-corrected chi connectivity index (χ1v) is 7.93. The van der Waals surface area contributed by atoms with Crippen molar-refractivity contribution in [2.24, 2.45) is 0 Å². The molecule has 0 aliphatic heterocycles. The number of benzene rings is 1. The topological polar surface area (TPSA) is 59.1 Å². The summed E-state index contributed by atoms with van der Waals surface area (Å²) in [6.45, 7) is 5.86. The minimum Gasteiger partial charge on any atom is -0.263 e. The Morgan fingerprint density at radius 2 is 1.90 bits per heavy atom. The molecule has 2 aromatic rings. The second kappa shape index (κ2) is 5.63. The summed E-state index contributed by atoms with van der Waals surface area (Å²) in [5.41, 5.74) is 1.72. The second-order valence-electron chi connectivity index (χ2n) is 5.00. The highest BCUT2D eigenvalue weighted by molar-refractivity contribution is 7.92. The molecule has 1 aromatic heterocycles. The van der Waals surface area contributed by atoms with Crippen LogP contribution in [0.5, 0.6) is 0 Å². The number of hydrogen-bond acceptors (Lipinski definition) is 3. The van der Waals surface area contributed by atoms with Crippen LogP contribution in [0, 0.1) is 6.92 Å². The van der Waals surface area contributed by atoms with E-state index >= 15 is 0 Å². The third kappa shape index (κ3) is 3.17. The number of rotatable bonds is 4. The Morgan fingerprint density at radius 3 is 2.50 bits per heavy atom. The van der Waals surface area contributed by atoms with Crippen LogP contribution in [0.1, 0.15) is 30.9 Å². The van der Waals surface area contributed by atoms with E-state index in [4.69, 9.17) is 0 Å². The number of nitrogens with one attached hydrogen (secondary N) is 1. The van der Waals surface area contributed by atoms with E-state index in [1.807, 2.05) is 26.0 Å². The minimum absolute atomic E-state index is 0.277. The maximum Gasteiger partial charge on any atom is 0.263 e. The van der Waals surface area contributed by atoms with Crippen LogP contribution in [0.4, 0.5) is 5.82 Å². The molecule has 1 N–H and O–H groups in total. The molecule has 5 heteroatoms. The van der Waals surface area contributed by atoms with Gasteiger partial charge in [-0.2, -0.15) is 0 Å². The highest BCUT2D eigenvalue weighted by Crippen LogP contribution is 2.23. The van der Waals surface area contributed by atoms with Gasteiger partial charge in [0.2, 0.25) is 0 Å². The van der Waals surface area contributed by atoms with E-state index < -0.39 is 10.0 Å². The molecule has 0 aliphatic carbocycles. The normalized spacial score (nSPS) is 11.6. The predicted molar refractivity (Wildman–Crippen MR) is 80.3 cm³/mol. The molecule has 0 amide bonds. The zero-order chi connectivity index (χ0) is 14.8. The van der Waals surface area contributed by atoms with Crippen LogP contribution in [0.2, 0.25) is 0 Å². The van der Waals surface area contributed by atoms with Crippen molar-refractivity contribution in [3.63, 3.8) is 0 Å². The van der Waals surface area contributed by atoms with Crippen molar-refractivity contribution in [2.75, 3.05) is 4.72 Å². The van der Waals surface area contributed by atoms with Gasteiger partial charge in [-0.15, -0.1) is 0 Å². The Bertz CT molecular complexity index is 695. The van der Waals surface area contributed by atoms with E-state index in [0.29, 0.717) is 10.7 Å². The van der Waals surface area contributed by atoms with Gasteiger partial charge in [0.25, 0.3) is 10.0 Å². The van der Waals surface area contributed by atoms with Crippen molar-refractivity contribution in [3.05, 3.63) is 53.7 Å². The van der Waals surface area contributed by atoms with Gasteiger partial charge in [-0.05, 0) is 42.2 Å². The number of aryl methyl sites for hydroxylation is 1. The zero-order valence-electron chi connectivity index (χ0n) is 11.8. The van der Waals surface area contributed by atoms with Crippen molar-refractivity contribution in [3.8, 4) is 0 Å². The fraction of sp³-hybridized carbons (Fsp3) is 0.267. The van der Waals surface area contributed by atoms with Crippen molar-refractivity contribution in [1.82, 2.24) is 4.98 Å². The first kappa shape index (κ1) is 14.5. The number of nitrogens with zero attached hydrogens (tertiary/aromatic N) is 1. The minimum atomic E-state index is -3.61. The zero-order valence-corrected chi connectivity index (χ0v) is 12.6. The molecule has 0 radical (unpaired) electrons. The number of anilines is 1. The maximum atomic E-state index is 12.4. The van der Waals surface area contributed by atoms with E-state index in [9.17, 15) is 8.42 Å². The lowest BCUT2D eigenvalue weighted by Crippen LogP contribution is -2.15. The lowest BCUT2D eigenvalue weighted by molar-refractivity contribution is 0.600. The average Bonchev–Trinajstić information content (AvgIpc) is 2.39. The Morgan fingerprint density at radius 1 is 1.15 bits per heavy atom. The molecular weight excluding hydrogens is 272 g/mol. The molecule has 2 rings (SSSR count). The van der Waals surface area contributed by atoms with Crippen molar-refractivity contribution in [1.29, 1.82) is 0 Å². The van der Waals surface area contributed by atoms with Crippen LogP contribution >= 0.6 is 0 Å². The molecule has 0 saturated carbocycles. The quantitative estimate of drug-likeness (QED) is 0.939. The summed E-state index contributed by atoms with van der Waals surface area (Å²) < 4.78 is 27.4. The lowest BCUT2D eigenvalue weighted by atomic mass is 10.0. The molecule has 0 unspecified atom stereocenters. The smallest absolute Gasteiger partial charge is 0.263 e. The molecular formula is C15H18N2O2S. The summed E-state index contributed by atoms with van der Waals surface area (Å²) in [6.07, 6.45) is 1.55. The Kier molecular flexibility index (Phi) is 4.09. The third-order valence-corrected chi connectivity index (χ3v) is 4.57. The van der Waals surface area contributed by atoms with Crippen LogP contribution < -0.4 is 4.72 Å². The summed E-state index contributed by atoms with van der Waals surface area (Å²) in [4.78, 5) is 4.29. The Balaban J connectivity index is 2.41. The molecule has 0 spiro atoms. The summed E-state index contributed by atoms with van der Waals surface area (Å²) in [6, 6.07) is 10.6. The van der Waals surface area contributed by atoms with Gasteiger partial charge in [0.15, 0.2) is 0 Å². The monoisotopic (exact) mass is 290 g/mol. The molecule has 4 nitrogen and oxygen atoms in total. The predicted octanol–water partition coefficient (Wildman–Crippen LogP) is 3.31. The summed E-state index contributed by atoms with van der Waals surface area (Å²) >= 11 is 0. The standard InChI is InChI=1S/C15H18N2O2S/c1-11(2)13-8-7-12(3)14(10-13)20(18,19)17-15-6-4-5-9-16-15/h4-11H,1-3H3,(H,16,17). The van der Waals surface area contributed by atoms with Gasteiger partial charge in [0.05, 0.1) is 4.90 Å². The van der Waals surface area contributed by atoms with E-state index in [1.54, 1.807) is 37.4 Å². The van der Waals surface area contributed by atoms with Gasteiger partial charge in [0, 0.05) is 6.20 Å². The Labute approximate surface area is 119 Å². The molecule has 0 fully saturated rings. The molecule has 1 aromatic carbocycles. The van der Waals surface area contributed by atoms with Crippen LogP contribution in [0.3, 0.4) is 0 Å².